The Kier molecular flexibility index (Phi) is 5.52. The third-order valence-electron chi connectivity index (χ3n) is 2.51. The lowest BCUT2D eigenvalue weighted by molar-refractivity contribution is -0.194. The number of hydrogen-bond acceptors (Lipinski definition) is 8. The zero-order valence-electron chi connectivity index (χ0n) is 10.3. The summed E-state index contributed by atoms with van der Waals surface area (Å²) < 4.78 is 18.6. The molecule has 12 nitrogen and oxygen atoms in total. The van der Waals surface area contributed by atoms with Crippen LogP contribution in [0.4, 0.5) is 4.39 Å². The van der Waals surface area contributed by atoms with Crippen LogP contribution < -0.4 is 10.8 Å². The number of rotatable bonds is 4. The molecule has 1 unspecified atom stereocenters. The predicted octanol–water partition coefficient (Wildman–Crippen LogP) is -1.86. The van der Waals surface area contributed by atoms with Crippen LogP contribution in [-0.4, -0.2) is 64.3 Å². The molecule has 1 aliphatic rings. The van der Waals surface area contributed by atoms with Gasteiger partial charge in [0.2, 0.25) is 5.96 Å². The second-order valence-electron chi connectivity index (χ2n) is 3.82. The van der Waals surface area contributed by atoms with Gasteiger partial charge in [-0.2, -0.15) is 0 Å². The number of carbonyl (C=O) groups excluding carboxylic acids is 1. The smallest absolute Gasteiger partial charge is 0.268 e. The van der Waals surface area contributed by atoms with Gasteiger partial charge in [0.15, 0.2) is 6.23 Å². The molecule has 1 heterocycles. The molecule has 4 atom stereocenters. The number of hydroxylamine groups is 1. The van der Waals surface area contributed by atoms with Crippen molar-refractivity contribution in [2.45, 2.75) is 24.2 Å². The second kappa shape index (κ2) is 6.92. The Labute approximate surface area is 116 Å². The molecule has 0 aromatic carbocycles. The molecule has 1 rings (SSSR count). The van der Waals surface area contributed by atoms with E-state index in [1.807, 2.05) is 5.32 Å². The van der Waals surface area contributed by atoms with Gasteiger partial charge in [-0.3, -0.25) is 15.3 Å². The van der Waals surface area contributed by atoms with Crippen molar-refractivity contribution in [1.29, 1.82) is 5.41 Å². The molecule has 0 radical (unpaired) electrons. The van der Waals surface area contributed by atoms with Crippen LogP contribution in [0.25, 0.3) is 10.4 Å². The van der Waals surface area contributed by atoms with E-state index in [-0.39, 0.29) is 0 Å². The van der Waals surface area contributed by atoms with Crippen LogP contribution in [0.15, 0.2) is 10.1 Å². The number of guanidine groups is 1. The monoisotopic (exact) mass is 305 g/mol. The van der Waals surface area contributed by atoms with Crippen molar-refractivity contribution in [2.24, 2.45) is 10.1 Å². The van der Waals surface area contributed by atoms with Crippen molar-refractivity contribution >= 4 is 18.1 Å². The lowest BCUT2D eigenvalue weighted by atomic mass is 10.1. The Bertz CT molecular complexity index is 495. The van der Waals surface area contributed by atoms with Crippen LogP contribution in [0.1, 0.15) is 0 Å². The molecular formula is C8H12FN7O5. The van der Waals surface area contributed by atoms with E-state index in [9.17, 15) is 14.3 Å². The van der Waals surface area contributed by atoms with Crippen LogP contribution in [0.3, 0.4) is 0 Å². The van der Waals surface area contributed by atoms with Crippen LogP contribution in [0.5, 0.6) is 0 Å². The van der Waals surface area contributed by atoms with E-state index >= 15 is 0 Å². The lowest BCUT2D eigenvalue weighted by Crippen LogP contribution is -2.42. The number of azide groups is 1. The zero-order chi connectivity index (χ0) is 16.0. The van der Waals surface area contributed by atoms with E-state index in [1.54, 1.807) is 0 Å². The first-order valence-electron chi connectivity index (χ1n) is 5.41. The molecule has 21 heavy (non-hydrogen) atoms. The van der Waals surface area contributed by atoms with E-state index in [1.165, 1.54) is 5.48 Å². The van der Waals surface area contributed by atoms with Crippen LogP contribution in [-0.2, 0) is 9.53 Å². The van der Waals surface area contributed by atoms with Crippen molar-refractivity contribution in [3.8, 4) is 0 Å². The normalized spacial score (nSPS) is 32.2. The van der Waals surface area contributed by atoms with Gasteiger partial charge >= 0.3 is 0 Å². The molecule has 0 aliphatic carbocycles. The van der Waals surface area contributed by atoms with Crippen molar-refractivity contribution in [2.75, 3.05) is 6.61 Å². The summed E-state index contributed by atoms with van der Waals surface area (Å²) in [5.74, 6) is -4.53. The highest BCUT2D eigenvalue weighted by atomic mass is 19.2. The van der Waals surface area contributed by atoms with Gasteiger partial charge in [-0.05, 0) is 5.53 Å². The quantitative estimate of drug-likeness (QED) is 0.0878. The fourth-order valence-corrected chi connectivity index (χ4v) is 1.53. The first-order valence-corrected chi connectivity index (χ1v) is 5.41. The van der Waals surface area contributed by atoms with Crippen molar-refractivity contribution in [3.63, 3.8) is 0 Å². The number of nitrogens with one attached hydrogen (secondary N) is 3. The van der Waals surface area contributed by atoms with Crippen molar-refractivity contribution in [3.05, 3.63) is 10.4 Å². The van der Waals surface area contributed by atoms with Crippen LogP contribution >= 0.6 is 0 Å². The van der Waals surface area contributed by atoms with E-state index in [0.717, 1.165) is 0 Å². The largest absolute Gasteiger partial charge is 0.390 e. The molecule has 0 aromatic heterocycles. The maximum atomic E-state index is 14.0. The number of nitrogens with zero attached hydrogens (tertiary/aromatic N) is 4. The number of ether oxygens (including phenoxy) is 1. The molecule has 0 spiro atoms. The van der Waals surface area contributed by atoms with E-state index in [4.69, 9.17) is 21.3 Å². The molecule has 1 aliphatic heterocycles. The van der Waals surface area contributed by atoms with Gasteiger partial charge < -0.3 is 20.4 Å². The number of hydrogen-bond donors (Lipinski definition) is 6. The van der Waals surface area contributed by atoms with E-state index in [2.05, 4.69) is 19.8 Å². The van der Waals surface area contributed by atoms with Crippen molar-refractivity contribution in [1.82, 2.24) is 10.8 Å². The summed E-state index contributed by atoms with van der Waals surface area (Å²) in [6.07, 6.45) is -3.27. The zero-order valence-corrected chi connectivity index (χ0v) is 10.3. The Morgan fingerprint density at radius 1 is 1.67 bits per heavy atom. The number of aliphatic imine (C=N–C) groups is 1. The maximum Gasteiger partial charge on any atom is 0.268 e. The van der Waals surface area contributed by atoms with Gasteiger partial charge in [-0.1, -0.05) is 5.11 Å². The average Bonchev–Trinajstić information content (AvgIpc) is 2.72. The molecule has 0 bridgehead atoms. The summed E-state index contributed by atoms with van der Waals surface area (Å²) in [5, 5.41) is 38.9. The van der Waals surface area contributed by atoms with E-state index in [0.29, 0.717) is 6.21 Å². The van der Waals surface area contributed by atoms with Crippen molar-refractivity contribution < 1.29 is 29.3 Å². The molecule has 0 aromatic rings. The number of aliphatic hydroxyl groups is 2. The highest BCUT2D eigenvalue weighted by molar-refractivity contribution is 6.28. The standard InChI is InChI=1S/C8H12FN7O5/c9-8(2-17)5(19)4(14-16-11)6(21-8)13-7(15-20)12-3(18)1-10/h1,4-6,10,17,19-20H,2H2,(H2,12,13,15,18)/t4?,5-,6+,8+/m0/s1. The predicted molar refractivity (Wildman–Crippen MR) is 64.0 cm³/mol. The van der Waals surface area contributed by atoms with Crippen LogP contribution in [0, 0.1) is 5.41 Å². The van der Waals surface area contributed by atoms with Gasteiger partial charge in [0.05, 0.1) is 6.21 Å². The number of halogens is 1. The Morgan fingerprint density at radius 3 is 2.81 bits per heavy atom. The van der Waals surface area contributed by atoms with Gasteiger partial charge in [0.1, 0.15) is 18.8 Å². The number of carbonyl (C=O) groups is 1. The summed E-state index contributed by atoms with van der Waals surface area (Å²) in [4.78, 5) is 16.8. The van der Waals surface area contributed by atoms with Crippen LogP contribution in [0.2, 0.25) is 0 Å². The number of amides is 1. The summed E-state index contributed by atoms with van der Waals surface area (Å²) in [5.41, 5.74) is 9.82. The Balaban J connectivity index is 3.05. The van der Waals surface area contributed by atoms with Gasteiger partial charge in [-0.15, -0.1) is 0 Å². The third kappa shape index (κ3) is 3.62. The fraction of sp³-hybridized carbons (Fsp3) is 0.625. The second-order valence-corrected chi connectivity index (χ2v) is 3.82. The molecule has 0 saturated carbocycles. The molecule has 1 saturated heterocycles. The fourth-order valence-electron chi connectivity index (χ4n) is 1.53. The SMILES string of the molecule is [N-]=[N+]=NC1[C@H](N=C(NO)NC(=O)C=N)O[C@](F)(CO)[C@H]1O. The van der Waals surface area contributed by atoms with Gasteiger partial charge in [0, 0.05) is 4.91 Å². The van der Waals surface area contributed by atoms with E-state index < -0.39 is 42.7 Å². The molecule has 1 amide bonds. The Morgan fingerprint density at radius 2 is 2.33 bits per heavy atom. The number of alkyl halides is 1. The summed E-state index contributed by atoms with van der Waals surface area (Å²) in [6, 6.07) is -1.55. The minimum atomic E-state index is -2.92. The minimum absolute atomic E-state index is 0.370. The summed E-state index contributed by atoms with van der Waals surface area (Å²) in [7, 11) is 0. The first-order chi connectivity index (χ1) is 9.91. The molecular weight excluding hydrogens is 293 g/mol. The molecule has 6 N–H and O–H groups in total. The maximum absolute atomic E-state index is 14.0. The lowest BCUT2D eigenvalue weighted by Gasteiger charge is -2.19. The first kappa shape index (κ1) is 16.7. The highest BCUT2D eigenvalue weighted by Gasteiger charge is 2.55. The summed E-state index contributed by atoms with van der Waals surface area (Å²) in [6.45, 7) is -1.23. The molecule has 1 fully saturated rings. The minimum Gasteiger partial charge on any atom is -0.390 e. The summed E-state index contributed by atoms with van der Waals surface area (Å²) >= 11 is 0. The topological polar surface area (TPSA) is 196 Å². The molecule has 13 heteroatoms. The van der Waals surface area contributed by atoms with Gasteiger partial charge in [0.25, 0.3) is 11.8 Å². The molecule has 116 valence electrons. The highest BCUT2D eigenvalue weighted by Crippen LogP contribution is 2.34. The number of aliphatic hydroxyl groups excluding tert-OH is 2. The third-order valence-corrected chi connectivity index (χ3v) is 2.51. The Hall–Kier alpha value is -2.31. The van der Waals surface area contributed by atoms with Gasteiger partial charge in [-0.25, -0.2) is 14.9 Å². The average molecular weight is 305 g/mol.